The molecule has 1 amide bonds. The standard InChI is InChI=1S/C22H23N3O4S/c1-15-13-25(14-16(2)29-15)30(27,28)20-8-5-7-18(11-20)22(26)24-19-10-17-6-3-4-9-21(17)23-12-19/h3-12,15-16H,13-14H2,1-2H3,(H,24,26). The lowest BCUT2D eigenvalue weighted by molar-refractivity contribution is -0.0440. The van der Waals surface area contributed by atoms with E-state index in [1.165, 1.54) is 16.4 Å². The van der Waals surface area contributed by atoms with E-state index < -0.39 is 15.9 Å². The van der Waals surface area contributed by atoms with Gasteiger partial charge in [0.2, 0.25) is 10.0 Å². The molecule has 1 aliphatic heterocycles. The first-order chi connectivity index (χ1) is 14.3. The number of fused-ring (bicyclic) bond motifs is 1. The maximum absolute atomic E-state index is 13.1. The molecule has 1 aliphatic rings. The normalized spacial score (nSPS) is 20.2. The fourth-order valence-corrected chi connectivity index (χ4v) is 5.25. The number of morpholine rings is 1. The Kier molecular flexibility index (Phi) is 5.55. The van der Waals surface area contributed by atoms with Crippen LogP contribution in [0, 0.1) is 0 Å². The Morgan fingerprint density at radius 2 is 1.80 bits per heavy atom. The van der Waals surface area contributed by atoms with Gasteiger partial charge in [0, 0.05) is 24.0 Å². The van der Waals surface area contributed by atoms with Crippen molar-refractivity contribution >= 4 is 32.5 Å². The van der Waals surface area contributed by atoms with Crippen molar-refractivity contribution in [2.45, 2.75) is 31.0 Å². The van der Waals surface area contributed by atoms with Gasteiger partial charge in [-0.3, -0.25) is 9.78 Å². The van der Waals surface area contributed by atoms with Gasteiger partial charge in [-0.2, -0.15) is 4.31 Å². The predicted molar refractivity (Wildman–Crippen MR) is 115 cm³/mol. The van der Waals surface area contributed by atoms with Crippen LogP contribution in [0.4, 0.5) is 5.69 Å². The molecule has 7 nitrogen and oxygen atoms in total. The van der Waals surface area contributed by atoms with Crippen LogP contribution in [0.15, 0.2) is 65.7 Å². The van der Waals surface area contributed by atoms with Crippen LogP contribution in [-0.2, 0) is 14.8 Å². The molecule has 0 aliphatic carbocycles. The minimum Gasteiger partial charge on any atom is -0.373 e. The molecule has 1 saturated heterocycles. The number of hydrogen-bond acceptors (Lipinski definition) is 5. The number of rotatable bonds is 4. The highest BCUT2D eigenvalue weighted by molar-refractivity contribution is 7.89. The first-order valence-electron chi connectivity index (χ1n) is 9.75. The van der Waals surface area contributed by atoms with Crippen LogP contribution in [-0.4, -0.2) is 48.9 Å². The summed E-state index contributed by atoms with van der Waals surface area (Å²) in [5, 5.41) is 3.70. The lowest BCUT2D eigenvalue weighted by Crippen LogP contribution is -2.48. The van der Waals surface area contributed by atoms with Crippen LogP contribution < -0.4 is 5.32 Å². The minimum atomic E-state index is -3.72. The summed E-state index contributed by atoms with van der Waals surface area (Å²) in [6.07, 6.45) is 1.21. The van der Waals surface area contributed by atoms with Crippen LogP contribution in [0.1, 0.15) is 24.2 Å². The van der Waals surface area contributed by atoms with Crippen LogP contribution >= 0.6 is 0 Å². The van der Waals surface area contributed by atoms with E-state index in [1.807, 2.05) is 44.2 Å². The van der Waals surface area contributed by atoms with Crippen LogP contribution in [0.5, 0.6) is 0 Å². The van der Waals surface area contributed by atoms with Crippen molar-refractivity contribution in [1.29, 1.82) is 0 Å². The fraction of sp³-hybridized carbons (Fsp3) is 0.273. The molecule has 0 saturated carbocycles. The summed E-state index contributed by atoms with van der Waals surface area (Å²) < 4.78 is 33.2. The number of aromatic nitrogens is 1. The monoisotopic (exact) mass is 425 g/mol. The summed E-state index contributed by atoms with van der Waals surface area (Å²) in [6, 6.07) is 15.5. The summed E-state index contributed by atoms with van der Waals surface area (Å²) in [5.41, 5.74) is 1.64. The molecule has 0 bridgehead atoms. The van der Waals surface area contributed by atoms with Gasteiger partial charge < -0.3 is 10.1 Å². The highest BCUT2D eigenvalue weighted by Gasteiger charge is 2.32. The fourth-order valence-electron chi connectivity index (χ4n) is 3.62. The molecule has 2 atom stereocenters. The molecule has 2 unspecified atom stereocenters. The number of ether oxygens (including phenoxy) is 1. The van der Waals surface area contributed by atoms with Crippen molar-refractivity contribution in [3.8, 4) is 0 Å². The maximum Gasteiger partial charge on any atom is 0.255 e. The van der Waals surface area contributed by atoms with Gasteiger partial charge in [0.15, 0.2) is 0 Å². The third kappa shape index (κ3) is 4.21. The lowest BCUT2D eigenvalue weighted by Gasteiger charge is -2.34. The number of carbonyl (C=O) groups is 1. The Morgan fingerprint density at radius 3 is 2.57 bits per heavy atom. The summed E-state index contributed by atoms with van der Waals surface area (Å²) in [6.45, 7) is 4.26. The number of para-hydroxylation sites is 1. The molecule has 1 aromatic heterocycles. The first-order valence-corrected chi connectivity index (χ1v) is 11.2. The van der Waals surface area contributed by atoms with E-state index in [1.54, 1.807) is 18.3 Å². The Morgan fingerprint density at radius 1 is 1.07 bits per heavy atom. The zero-order valence-corrected chi connectivity index (χ0v) is 17.6. The number of hydrogen-bond donors (Lipinski definition) is 1. The third-order valence-electron chi connectivity index (χ3n) is 4.97. The molecule has 0 radical (unpaired) electrons. The second kappa shape index (κ2) is 8.14. The zero-order chi connectivity index (χ0) is 21.3. The SMILES string of the molecule is CC1CN(S(=O)(=O)c2cccc(C(=O)Nc3cnc4ccccc4c3)c2)CC(C)O1. The molecule has 1 N–H and O–H groups in total. The van der Waals surface area contributed by atoms with E-state index >= 15 is 0 Å². The molecule has 156 valence electrons. The van der Waals surface area contributed by atoms with Gasteiger partial charge in [0.25, 0.3) is 5.91 Å². The Balaban J connectivity index is 1.56. The van der Waals surface area contributed by atoms with E-state index in [0.29, 0.717) is 5.69 Å². The van der Waals surface area contributed by atoms with Crippen LogP contribution in [0.2, 0.25) is 0 Å². The van der Waals surface area contributed by atoms with Crippen molar-refractivity contribution in [2.24, 2.45) is 0 Å². The smallest absolute Gasteiger partial charge is 0.255 e. The minimum absolute atomic E-state index is 0.0908. The van der Waals surface area contributed by atoms with Gasteiger partial charge in [-0.15, -0.1) is 0 Å². The number of anilines is 1. The molecule has 30 heavy (non-hydrogen) atoms. The number of pyridine rings is 1. The molecular weight excluding hydrogens is 402 g/mol. The van der Waals surface area contributed by atoms with Gasteiger partial charge in [0.05, 0.1) is 34.5 Å². The molecule has 3 aromatic rings. The molecule has 2 aromatic carbocycles. The number of carbonyl (C=O) groups excluding carboxylic acids is 1. The van der Waals surface area contributed by atoms with E-state index in [0.717, 1.165) is 10.9 Å². The second-order valence-electron chi connectivity index (χ2n) is 7.48. The van der Waals surface area contributed by atoms with Crippen LogP contribution in [0.3, 0.4) is 0 Å². The Labute approximate surface area is 175 Å². The number of nitrogens with zero attached hydrogens (tertiary/aromatic N) is 2. The van der Waals surface area contributed by atoms with Gasteiger partial charge in [-0.25, -0.2) is 8.42 Å². The number of amides is 1. The predicted octanol–water partition coefficient (Wildman–Crippen LogP) is 3.29. The molecule has 2 heterocycles. The lowest BCUT2D eigenvalue weighted by atomic mass is 10.2. The average molecular weight is 426 g/mol. The van der Waals surface area contributed by atoms with Crippen molar-refractivity contribution in [3.05, 3.63) is 66.4 Å². The third-order valence-corrected chi connectivity index (χ3v) is 6.80. The van der Waals surface area contributed by atoms with Gasteiger partial charge in [-0.1, -0.05) is 24.3 Å². The summed E-state index contributed by atoms with van der Waals surface area (Å²) in [5.74, 6) is -0.396. The maximum atomic E-state index is 13.1. The van der Waals surface area contributed by atoms with Gasteiger partial charge >= 0.3 is 0 Å². The second-order valence-corrected chi connectivity index (χ2v) is 9.42. The summed E-state index contributed by atoms with van der Waals surface area (Å²) in [4.78, 5) is 17.2. The molecular formula is C22H23N3O4S. The molecule has 4 rings (SSSR count). The van der Waals surface area contributed by atoms with E-state index in [9.17, 15) is 13.2 Å². The molecule has 8 heteroatoms. The molecule has 0 spiro atoms. The number of nitrogens with one attached hydrogen (secondary N) is 1. The average Bonchev–Trinajstić information content (AvgIpc) is 2.73. The van der Waals surface area contributed by atoms with Crippen molar-refractivity contribution < 1.29 is 17.9 Å². The number of sulfonamides is 1. The van der Waals surface area contributed by atoms with Crippen LogP contribution in [0.25, 0.3) is 10.9 Å². The largest absolute Gasteiger partial charge is 0.373 e. The topological polar surface area (TPSA) is 88.6 Å². The Bertz CT molecular complexity index is 1190. The van der Waals surface area contributed by atoms with Crippen molar-refractivity contribution in [1.82, 2.24) is 9.29 Å². The first kappa shape index (κ1) is 20.5. The van der Waals surface area contributed by atoms with Crippen molar-refractivity contribution in [3.63, 3.8) is 0 Å². The van der Waals surface area contributed by atoms with E-state index in [4.69, 9.17) is 4.74 Å². The Hall–Kier alpha value is -2.81. The number of benzene rings is 2. The molecule has 1 fully saturated rings. The van der Waals surface area contributed by atoms with Gasteiger partial charge in [-0.05, 0) is 44.2 Å². The summed E-state index contributed by atoms with van der Waals surface area (Å²) >= 11 is 0. The zero-order valence-electron chi connectivity index (χ0n) is 16.8. The van der Waals surface area contributed by atoms with Crippen molar-refractivity contribution in [2.75, 3.05) is 18.4 Å². The van der Waals surface area contributed by atoms with Gasteiger partial charge in [0.1, 0.15) is 0 Å². The quantitative estimate of drug-likeness (QED) is 0.693. The van der Waals surface area contributed by atoms with E-state index in [2.05, 4.69) is 10.3 Å². The highest BCUT2D eigenvalue weighted by atomic mass is 32.2. The summed E-state index contributed by atoms with van der Waals surface area (Å²) in [7, 11) is -3.72. The highest BCUT2D eigenvalue weighted by Crippen LogP contribution is 2.23. The van der Waals surface area contributed by atoms with E-state index in [-0.39, 0.29) is 35.8 Å².